The van der Waals surface area contributed by atoms with Crippen LogP contribution < -0.4 is 5.73 Å². The third-order valence-corrected chi connectivity index (χ3v) is 2.34. The van der Waals surface area contributed by atoms with Crippen molar-refractivity contribution in [2.75, 3.05) is 0 Å². The summed E-state index contributed by atoms with van der Waals surface area (Å²) < 4.78 is 2.10. The average molecular weight is 239 g/mol. The molecule has 2 heterocycles. The first kappa shape index (κ1) is 8.25. The number of carbonyl (C=O) groups excluding carboxylic acids is 1. The number of amides is 1. The summed E-state index contributed by atoms with van der Waals surface area (Å²) in [7, 11) is 0. The van der Waals surface area contributed by atoms with E-state index in [0.717, 1.165) is 9.86 Å². The van der Waals surface area contributed by atoms with Crippen molar-refractivity contribution >= 4 is 33.0 Å². The third kappa shape index (κ3) is 1.21. The summed E-state index contributed by atoms with van der Waals surface area (Å²) in [5.74, 6) is 0. The fourth-order valence-corrected chi connectivity index (χ4v) is 1.51. The molecule has 0 aliphatic rings. The lowest BCUT2D eigenvalue weighted by molar-refractivity contribution is 0.251. The number of rotatable bonds is 0. The first-order valence-electron chi connectivity index (χ1n) is 3.53. The lowest BCUT2D eigenvalue weighted by Crippen LogP contribution is -2.18. The molecule has 0 aromatic carbocycles. The molecule has 13 heavy (non-hydrogen) atoms. The summed E-state index contributed by atoms with van der Waals surface area (Å²) in [6.07, 6.45) is 3.07. The molecule has 65 valence electrons. The van der Waals surface area contributed by atoms with Crippen molar-refractivity contribution in [3.8, 4) is 0 Å². The van der Waals surface area contributed by atoms with E-state index in [0.29, 0.717) is 5.65 Å². The molecule has 0 fully saturated rings. The molecule has 2 aromatic heterocycles. The van der Waals surface area contributed by atoms with Gasteiger partial charge in [0.05, 0.1) is 0 Å². The second-order valence-electron chi connectivity index (χ2n) is 2.47. The molecule has 0 atom stereocenters. The molecule has 5 heteroatoms. The largest absolute Gasteiger partial charge is 0.351 e. The second kappa shape index (κ2) is 2.85. The summed E-state index contributed by atoms with van der Waals surface area (Å²) in [4.78, 5) is 14.9. The Morgan fingerprint density at radius 1 is 1.69 bits per heavy atom. The topological polar surface area (TPSA) is 60.9 Å². The SMILES string of the molecule is NC(=O)n1c[c]c2c(Br)ccnc21. The zero-order valence-corrected chi connectivity index (χ0v) is 8.08. The minimum atomic E-state index is -0.558. The highest BCUT2D eigenvalue weighted by Gasteiger charge is 2.07. The van der Waals surface area contributed by atoms with E-state index in [2.05, 4.69) is 27.0 Å². The van der Waals surface area contributed by atoms with Crippen LogP contribution in [0.5, 0.6) is 0 Å². The van der Waals surface area contributed by atoms with Crippen molar-refractivity contribution < 1.29 is 4.79 Å². The molecule has 0 aliphatic heterocycles. The van der Waals surface area contributed by atoms with Gasteiger partial charge in [-0.2, -0.15) is 0 Å². The summed E-state index contributed by atoms with van der Waals surface area (Å²) in [5.41, 5.74) is 5.64. The van der Waals surface area contributed by atoms with Crippen LogP contribution in [0.2, 0.25) is 0 Å². The quantitative estimate of drug-likeness (QED) is 0.757. The molecular weight excluding hydrogens is 234 g/mol. The summed E-state index contributed by atoms with van der Waals surface area (Å²) in [6, 6.07) is 4.11. The number of hydrogen-bond acceptors (Lipinski definition) is 2. The van der Waals surface area contributed by atoms with Gasteiger partial charge < -0.3 is 5.73 Å². The van der Waals surface area contributed by atoms with Gasteiger partial charge in [-0.1, -0.05) is 0 Å². The molecule has 2 aromatic rings. The van der Waals surface area contributed by atoms with Gasteiger partial charge in [0.15, 0.2) is 0 Å². The first-order chi connectivity index (χ1) is 6.20. The van der Waals surface area contributed by atoms with Crippen LogP contribution >= 0.6 is 15.9 Å². The minimum absolute atomic E-state index is 0.516. The second-order valence-corrected chi connectivity index (χ2v) is 3.33. The maximum atomic E-state index is 10.9. The predicted octanol–water partition coefficient (Wildman–Crippen LogP) is 1.53. The fraction of sp³-hybridized carbons (Fsp3) is 0. The number of pyridine rings is 1. The van der Waals surface area contributed by atoms with Crippen LogP contribution in [0.3, 0.4) is 0 Å². The Hall–Kier alpha value is -1.36. The fourth-order valence-electron chi connectivity index (χ4n) is 1.10. The van der Waals surface area contributed by atoms with Crippen LogP contribution in [-0.2, 0) is 0 Å². The highest BCUT2D eigenvalue weighted by atomic mass is 79.9. The standard InChI is InChI=1S/C8H5BrN3O/c9-6-1-3-11-7-5(6)2-4-12(7)8(10)13/h1,3-4H,(H2,10,13). The van der Waals surface area contributed by atoms with E-state index < -0.39 is 6.03 Å². The highest BCUT2D eigenvalue weighted by molar-refractivity contribution is 9.10. The molecule has 0 saturated carbocycles. The van der Waals surface area contributed by atoms with Crippen molar-refractivity contribution in [1.82, 2.24) is 9.55 Å². The van der Waals surface area contributed by atoms with Crippen molar-refractivity contribution in [2.24, 2.45) is 5.73 Å². The molecule has 1 amide bonds. The Balaban J connectivity index is 2.83. The zero-order valence-electron chi connectivity index (χ0n) is 6.49. The Morgan fingerprint density at radius 2 is 2.46 bits per heavy atom. The lowest BCUT2D eigenvalue weighted by atomic mass is 10.3. The Kier molecular flexibility index (Phi) is 1.81. The molecule has 0 unspecified atom stereocenters. The van der Waals surface area contributed by atoms with E-state index in [1.165, 1.54) is 10.8 Å². The van der Waals surface area contributed by atoms with Gasteiger partial charge in [0.25, 0.3) is 0 Å². The molecule has 2 rings (SSSR count). The molecular formula is C8H5BrN3O. The van der Waals surface area contributed by atoms with Gasteiger partial charge in [0.2, 0.25) is 0 Å². The Bertz CT molecular complexity index is 477. The van der Waals surface area contributed by atoms with Crippen molar-refractivity contribution in [3.63, 3.8) is 0 Å². The van der Waals surface area contributed by atoms with E-state index >= 15 is 0 Å². The molecule has 0 bridgehead atoms. The molecule has 2 N–H and O–H groups in total. The minimum Gasteiger partial charge on any atom is -0.351 e. The number of primary amides is 1. The van der Waals surface area contributed by atoms with Crippen LogP contribution in [0.1, 0.15) is 0 Å². The number of nitrogens with two attached hydrogens (primary N) is 1. The van der Waals surface area contributed by atoms with Gasteiger partial charge >= 0.3 is 6.03 Å². The van der Waals surface area contributed by atoms with Gasteiger partial charge in [-0.05, 0) is 22.0 Å². The molecule has 0 aliphatic carbocycles. The number of nitrogens with zero attached hydrogens (tertiary/aromatic N) is 2. The smallest absolute Gasteiger partial charge is 0.324 e. The van der Waals surface area contributed by atoms with E-state index in [1.807, 2.05) is 0 Å². The maximum Gasteiger partial charge on any atom is 0.324 e. The van der Waals surface area contributed by atoms with E-state index in [4.69, 9.17) is 5.73 Å². The number of aromatic nitrogens is 2. The third-order valence-electron chi connectivity index (χ3n) is 1.68. The predicted molar refractivity (Wildman–Crippen MR) is 51.3 cm³/mol. The van der Waals surface area contributed by atoms with Gasteiger partial charge in [-0.25, -0.2) is 9.78 Å². The average Bonchev–Trinajstić information content (AvgIpc) is 2.48. The van der Waals surface area contributed by atoms with Crippen molar-refractivity contribution in [1.29, 1.82) is 0 Å². The Morgan fingerprint density at radius 3 is 3.15 bits per heavy atom. The number of carbonyl (C=O) groups is 1. The Labute approximate surface area is 82.5 Å². The highest BCUT2D eigenvalue weighted by Crippen LogP contribution is 2.21. The molecule has 4 nitrogen and oxygen atoms in total. The van der Waals surface area contributed by atoms with E-state index in [1.54, 1.807) is 12.3 Å². The zero-order chi connectivity index (χ0) is 9.42. The monoisotopic (exact) mass is 238 g/mol. The normalized spacial score (nSPS) is 10.5. The van der Waals surface area contributed by atoms with Crippen molar-refractivity contribution in [3.05, 3.63) is 29.0 Å². The van der Waals surface area contributed by atoms with Gasteiger partial charge in [-0.3, -0.25) is 4.57 Å². The van der Waals surface area contributed by atoms with Crippen LogP contribution in [0.25, 0.3) is 11.0 Å². The van der Waals surface area contributed by atoms with Gasteiger partial charge in [-0.15, -0.1) is 0 Å². The molecule has 1 radical (unpaired) electrons. The summed E-state index contributed by atoms with van der Waals surface area (Å²) in [6.45, 7) is 0. The molecule has 0 saturated heterocycles. The number of halogens is 1. The lowest BCUT2D eigenvalue weighted by Gasteiger charge is -1.97. The van der Waals surface area contributed by atoms with Crippen LogP contribution in [0.4, 0.5) is 4.79 Å². The number of hydrogen-bond donors (Lipinski definition) is 1. The maximum absolute atomic E-state index is 10.9. The summed E-state index contributed by atoms with van der Waals surface area (Å²) >= 11 is 3.32. The first-order valence-corrected chi connectivity index (χ1v) is 4.32. The van der Waals surface area contributed by atoms with Crippen molar-refractivity contribution in [2.45, 2.75) is 0 Å². The molecule has 0 spiro atoms. The van der Waals surface area contributed by atoms with Crippen LogP contribution in [0.15, 0.2) is 22.9 Å². The van der Waals surface area contributed by atoms with Gasteiger partial charge in [0.1, 0.15) is 5.65 Å². The van der Waals surface area contributed by atoms with Gasteiger partial charge in [0, 0.05) is 28.3 Å². The van der Waals surface area contributed by atoms with E-state index in [-0.39, 0.29) is 0 Å². The van der Waals surface area contributed by atoms with E-state index in [9.17, 15) is 4.79 Å². The van der Waals surface area contributed by atoms with Crippen LogP contribution in [-0.4, -0.2) is 15.6 Å². The number of fused-ring (bicyclic) bond motifs is 1. The van der Waals surface area contributed by atoms with Crippen LogP contribution in [0, 0.1) is 6.07 Å². The summed E-state index contributed by atoms with van der Waals surface area (Å²) in [5, 5.41) is 0.751.